The van der Waals surface area contributed by atoms with Gasteiger partial charge < -0.3 is 20.5 Å². The minimum Gasteiger partial charge on any atom is -0.496 e. The predicted molar refractivity (Wildman–Crippen MR) is 74.6 cm³/mol. The summed E-state index contributed by atoms with van der Waals surface area (Å²) < 4.78 is 10.4. The highest BCUT2D eigenvalue weighted by Crippen LogP contribution is 2.19. The van der Waals surface area contributed by atoms with Crippen molar-refractivity contribution in [1.82, 2.24) is 5.32 Å². The van der Waals surface area contributed by atoms with Crippen molar-refractivity contribution in [3.05, 3.63) is 29.3 Å². The van der Waals surface area contributed by atoms with Gasteiger partial charge >= 0.3 is 0 Å². The van der Waals surface area contributed by atoms with Gasteiger partial charge in [0.2, 0.25) is 0 Å². The van der Waals surface area contributed by atoms with Gasteiger partial charge in [-0.1, -0.05) is 11.6 Å². The Bertz CT molecular complexity index is 408. The van der Waals surface area contributed by atoms with Crippen molar-refractivity contribution in [2.24, 2.45) is 5.73 Å². The first kappa shape index (κ1) is 15.5. The highest BCUT2D eigenvalue weighted by molar-refractivity contribution is 5.97. The molecule has 0 saturated heterocycles. The van der Waals surface area contributed by atoms with E-state index < -0.39 is 0 Å². The van der Waals surface area contributed by atoms with E-state index in [-0.39, 0.29) is 5.91 Å². The molecule has 1 aromatic rings. The number of methoxy groups -OCH3 is 1. The molecule has 1 aromatic carbocycles. The standard InChI is InChI=1S/C14H22N2O3/c1-11-4-5-13(18-2)12(10-11)14(17)16-7-3-8-19-9-6-15/h4-5,10H,3,6-9,15H2,1-2H3,(H,16,17). The molecule has 0 atom stereocenters. The largest absolute Gasteiger partial charge is 0.496 e. The third-order valence-electron chi connectivity index (χ3n) is 2.61. The van der Waals surface area contributed by atoms with Crippen molar-refractivity contribution in [2.45, 2.75) is 13.3 Å². The van der Waals surface area contributed by atoms with E-state index in [2.05, 4.69) is 5.32 Å². The summed E-state index contributed by atoms with van der Waals surface area (Å²) >= 11 is 0. The summed E-state index contributed by atoms with van der Waals surface area (Å²) in [5, 5.41) is 2.85. The smallest absolute Gasteiger partial charge is 0.255 e. The number of ether oxygens (including phenoxy) is 2. The molecular formula is C14H22N2O3. The number of benzene rings is 1. The molecule has 3 N–H and O–H groups in total. The maximum absolute atomic E-state index is 12.0. The molecule has 0 saturated carbocycles. The topological polar surface area (TPSA) is 73.6 Å². The molecule has 0 unspecified atom stereocenters. The van der Waals surface area contributed by atoms with E-state index in [1.54, 1.807) is 13.2 Å². The van der Waals surface area contributed by atoms with E-state index in [0.29, 0.717) is 37.6 Å². The van der Waals surface area contributed by atoms with Crippen molar-refractivity contribution >= 4 is 5.91 Å². The zero-order valence-corrected chi connectivity index (χ0v) is 11.6. The summed E-state index contributed by atoms with van der Waals surface area (Å²) in [6.45, 7) is 4.19. The third-order valence-corrected chi connectivity index (χ3v) is 2.61. The Balaban J connectivity index is 2.43. The van der Waals surface area contributed by atoms with Crippen molar-refractivity contribution in [1.29, 1.82) is 0 Å². The van der Waals surface area contributed by atoms with E-state index in [0.717, 1.165) is 12.0 Å². The number of hydrogen-bond acceptors (Lipinski definition) is 4. The van der Waals surface area contributed by atoms with E-state index in [1.165, 1.54) is 0 Å². The van der Waals surface area contributed by atoms with Gasteiger partial charge in [0.15, 0.2) is 0 Å². The van der Waals surface area contributed by atoms with Crippen LogP contribution < -0.4 is 15.8 Å². The molecule has 0 aliphatic carbocycles. The van der Waals surface area contributed by atoms with Crippen LogP contribution in [0.25, 0.3) is 0 Å². The first-order valence-electron chi connectivity index (χ1n) is 6.39. The second-order valence-corrected chi connectivity index (χ2v) is 4.21. The molecule has 0 bridgehead atoms. The summed E-state index contributed by atoms with van der Waals surface area (Å²) in [6, 6.07) is 5.53. The molecule has 0 fully saturated rings. The third kappa shape index (κ3) is 5.28. The van der Waals surface area contributed by atoms with E-state index in [9.17, 15) is 4.79 Å². The van der Waals surface area contributed by atoms with Gasteiger partial charge in [0.1, 0.15) is 5.75 Å². The zero-order chi connectivity index (χ0) is 14.1. The fourth-order valence-corrected chi connectivity index (χ4v) is 1.66. The molecule has 1 rings (SSSR count). The zero-order valence-electron chi connectivity index (χ0n) is 11.6. The van der Waals surface area contributed by atoms with Crippen LogP contribution in [0.3, 0.4) is 0 Å². The lowest BCUT2D eigenvalue weighted by atomic mass is 10.1. The number of amides is 1. The first-order valence-corrected chi connectivity index (χ1v) is 6.39. The number of nitrogens with one attached hydrogen (secondary N) is 1. The Hall–Kier alpha value is -1.59. The Labute approximate surface area is 114 Å². The van der Waals surface area contributed by atoms with Crippen LogP contribution in [-0.4, -0.2) is 39.3 Å². The number of aryl methyl sites for hydroxylation is 1. The molecule has 5 nitrogen and oxygen atoms in total. The summed E-state index contributed by atoms with van der Waals surface area (Å²) in [5.74, 6) is 0.460. The highest BCUT2D eigenvalue weighted by atomic mass is 16.5. The van der Waals surface area contributed by atoms with Crippen LogP contribution in [0.5, 0.6) is 5.75 Å². The van der Waals surface area contributed by atoms with Crippen LogP contribution in [0.2, 0.25) is 0 Å². The molecule has 0 aliphatic rings. The van der Waals surface area contributed by atoms with Crippen LogP contribution in [0.15, 0.2) is 18.2 Å². The molecule has 1 amide bonds. The monoisotopic (exact) mass is 266 g/mol. The molecule has 0 heterocycles. The van der Waals surface area contributed by atoms with Crippen molar-refractivity contribution in [3.63, 3.8) is 0 Å². The van der Waals surface area contributed by atoms with Crippen molar-refractivity contribution < 1.29 is 14.3 Å². The Morgan fingerprint density at radius 2 is 2.16 bits per heavy atom. The van der Waals surface area contributed by atoms with Gasteiger partial charge in [-0.25, -0.2) is 0 Å². The number of rotatable bonds is 8. The van der Waals surface area contributed by atoms with Gasteiger partial charge in [-0.15, -0.1) is 0 Å². The lowest BCUT2D eigenvalue weighted by Gasteiger charge is -2.10. The summed E-state index contributed by atoms with van der Waals surface area (Å²) in [7, 11) is 1.56. The second kappa shape index (κ2) is 8.50. The SMILES string of the molecule is COc1ccc(C)cc1C(=O)NCCCOCCN. The molecule has 0 spiro atoms. The quantitative estimate of drug-likeness (QED) is 0.691. The van der Waals surface area contributed by atoms with E-state index in [1.807, 2.05) is 19.1 Å². The minimum absolute atomic E-state index is 0.126. The summed E-state index contributed by atoms with van der Waals surface area (Å²) in [4.78, 5) is 12.0. The van der Waals surface area contributed by atoms with Crippen LogP contribution >= 0.6 is 0 Å². The molecule has 5 heteroatoms. The van der Waals surface area contributed by atoms with Crippen LogP contribution in [0.4, 0.5) is 0 Å². The average molecular weight is 266 g/mol. The lowest BCUT2D eigenvalue weighted by molar-refractivity contribution is 0.0940. The number of carbonyl (C=O) groups excluding carboxylic acids is 1. The van der Waals surface area contributed by atoms with Crippen molar-refractivity contribution in [2.75, 3.05) is 33.4 Å². The van der Waals surface area contributed by atoms with Crippen LogP contribution in [-0.2, 0) is 4.74 Å². The van der Waals surface area contributed by atoms with Gasteiger partial charge in [0, 0.05) is 19.7 Å². The van der Waals surface area contributed by atoms with Gasteiger partial charge in [0.05, 0.1) is 19.3 Å². The summed E-state index contributed by atoms with van der Waals surface area (Å²) in [5.41, 5.74) is 6.89. The average Bonchev–Trinajstić information content (AvgIpc) is 2.42. The highest BCUT2D eigenvalue weighted by Gasteiger charge is 2.11. The Morgan fingerprint density at radius 3 is 2.84 bits per heavy atom. The van der Waals surface area contributed by atoms with E-state index in [4.69, 9.17) is 15.2 Å². The predicted octanol–water partition coefficient (Wildman–Crippen LogP) is 1.10. The fourth-order valence-electron chi connectivity index (χ4n) is 1.66. The molecule has 0 aromatic heterocycles. The first-order chi connectivity index (χ1) is 9.19. The van der Waals surface area contributed by atoms with Gasteiger partial charge in [-0.2, -0.15) is 0 Å². The molecule has 0 radical (unpaired) electrons. The van der Waals surface area contributed by atoms with Gasteiger partial charge in [-0.05, 0) is 25.5 Å². The Kier molecular flexibility index (Phi) is 6.92. The lowest BCUT2D eigenvalue weighted by Crippen LogP contribution is -2.26. The fraction of sp³-hybridized carbons (Fsp3) is 0.500. The molecule has 0 aliphatic heterocycles. The van der Waals surface area contributed by atoms with Gasteiger partial charge in [0.25, 0.3) is 5.91 Å². The van der Waals surface area contributed by atoms with Crippen molar-refractivity contribution in [3.8, 4) is 5.75 Å². The maximum Gasteiger partial charge on any atom is 0.255 e. The van der Waals surface area contributed by atoms with Crippen LogP contribution in [0, 0.1) is 6.92 Å². The second-order valence-electron chi connectivity index (χ2n) is 4.21. The van der Waals surface area contributed by atoms with Crippen LogP contribution in [0.1, 0.15) is 22.3 Å². The summed E-state index contributed by atoms with van der Waals surface area (Å²) in [6.07, 6.45) is 0.764. The minimum atomic E-state index is -0.126. The maximum atomic E-state index is 12.0. The molecule has 19 heavy (non-hydrogen) atoms. The number of hydrogen-bond donors (Lipinski definition) is 2. The van der Waals surface area contributed by atoms with Gasteiger partial charge in [-0.3, -0.25) is 4.79 Å². The molecular weight excluding hydrogens is 244 g/mol. The Morgan fingerprint density at radius 1 is 1.37 bits per heavy atom. The number of carbonyl (C=O) groups is 1. The number of nitrogens with two attached hydrogens (primary N) is 1. The molecule has 106 valence electrons. The van der Waals surface area contributed by atoms with E-state index >= 15 is 0 Å². The normalized spacial score (nSPS) is 10.3.